The summed E-state index contributed by atoms with van der Waals surface area (Å²) in [5.41, 5.74) is 1.55. The van der Waals surface area contributed by atoms with Gasteiger partial charge in [0.25, 0.3) is 0 Å². The molecule has 0 saturated carbocycles. The molecule has 19 heavy (non-hydrogen) atoms. The summed E-state index contributed by atoms with van der Waals surface area (Å²) in [5, 5.41) is 0. The number of hydrogen-bond acceptors (Lipinski definition) is 3. The number of hydrogen-bond donors (Lipinski definition) is 0. The molecule has 0 saturated heterocycles. The summed E-state index contributed by atoms with van der Waals surface area (Å²) in [4.78, 5) is 22.4. The number of pyridine rings is 1. The van der Waals surface area contributed by atoms with Gasteiger partial charge in [-0.1, -0.05) is 0 Å². The average Bonchev–Trinajstić information content (AvgIpc) is 2.41. The molecule has 0 aliphatic heterocycles. The zero-order valence-electron chi connectivity index (χ0n) is 10.9. The number of carbonyl (C=O) groups excluding carboxylic acids is 1. The van der Waals surface area contributed by atoms with Gasteiger partial charge in [0.1, 0.15) is 5.75 Å². The van der Waals surface area contributed by atoms with E-state index in [1.54, 1.807) is 10.8 Å². The van der Waals surface area contributed by atoms with Crippen molar-refractivity contribution in [1.29, 1.82) is 0 Å². The highest BCUT2D eigenvalue weighted by molar-refractivity contribution is 5.74. The largest absolute Gasteiger partial charge is 0.494 e. The molecular weight excluding hydrogens is 242 g/mol. The second kappa shape index (κ2) is 5.52. The molecule has 0 bridgehead atoms. The first-order valence-corrected chi connectivity index (χ1v) is 6.07. The zero-order chi connectivity index (χ0) is 13.8. The van der Waals surface area contributed by atoms with Crippen molar-refractivity contribution in [2.45, 2.75) is 13.8 Å². The molecule has 2 rings (SSSR count). The van der Waals surface area contributed by atoms with Gasteiger partial charge in [0.15, 0.2) is 11.7 Å². The van der Waals surface area contributed by atoms with Gasteiger partial charge in [-0.25, -0.2) is 0 Å². The number of ether oxygens (including phenoxy) is 1. The first-order valence-electron chi connectivity index (χ1n) is 6.07. The van der Waals surface area contributed by atoms with Gasteiger partial charge in [-0.3, -0.25) is 9.59 Å². The van der Waals surface area contributed by atoms with Crippen LogP contribution < -0.4 is 10.2 Å². The minimum Gasteiger partial charge on any atom is -0.494 e. The number of aldehydes is 1. The monoisotopic (exact) mass is 257 g/mol. The maximum atomic E-state index is 11.5. The lowest BCUT2D eigenvalue weighted by Gasteiger charge is -2.12. The van der Waals surface area contributed by atoms with E-state index in [1.165, 1.54) is 6.07 Å². The first-order chi connectivity index (χ1) is 9.15. The maximum Gasteiger partial charge on any atom is 0.192 e. The van der Waals surface area contributed by atoms with Crippen molar-refractivity contribution in [3.05, 3.63) is 58.0 Å². The number of aromatic nitrogens is 1. The SMILES string of the molecule is CCOc1ccc(-n2cc(C=O)c(=O)cc2C)cc1. The van der Waals surface area contributed by atoms with E-state index in [2.05, 4.69) is 0 Å². The van der Waals surface area contributed by atoms with Crippen molar-refractivity contribution < 1.29 is 9.53 Å². The molecule has 0 aliphatic rings. The summed E-state index contributed by atoms with van der Waals surface area (Å²) in [7, 11) is 0. The summed E-state index contributed by atoms with van der Waals surface area (Å²) in [6.07, 6.45) is 2.13. The third kappa shape index (κ3) is 2.73. The average molecular weight is 257 g/mol. The van der Waals surface area contributed by atoms with Gasteiger partial charge in [0.05, 0.1) is 12.2 Å². The summed E-state index contributed by atoms with van der Waals surface area (Å²) in [6.45, 7) is 4.37. The lowest BCUT2D eigenvalue weighted by molar-refractivity contribution is 0.112. The topological polar surface area (TPSA) is 48.3 Å². The van der Waals surface area contributed by atoms with Crippen LogP contribution in [0.4, 0.5) is 0 Å². The van der Waals surface area contributed by atoms with E-state index in [0.29, 0.717) is 12.9 Å². The molecule has 0 atom stereocenters. The lowest BCUT2D eigenvalue weighted by atomic mass is 10.2. The Morgan fingerprint density at radius 2 is 1.95 bits per heavy atom. The van der Waals surface area contributed by atoms with Gasteiger partial charge in [-0.15, -0.1) is 0 Å². The predicted molar refractivity (Wildman–Crippen MR) is 73.3 cm³/mol. The Bertz CT molecular complexity index is 641. The quantitative estimate of drug-likeness (QED) is 0.790. The zero-order valence-corrected chi connectivity index (χ0v) is 10.9. The number of carbonyl (C=O) groups is 1. The summed E-state index contributed by atoms with van der Waals surface area (Å²) < 4.78 is 7.18. The van der Waals surface area contributed by atoms with E-state index in [-0.39, 0.29) is 11.0 Å². The van der Waals surface area contributed by atoms with Crippen molar-refractivity contribution >= 4 is 6.29 Å². The van der Waals surface area contributed by atoms with Crippen molar-refractivity contribution in [2.24, 2.45) is 0 Å². The maximum absolute atomic E-state index is 11.5. The van der Waals surface area contributed by atoms with Crippen molar-refractivity contribution in [2.75, 3.05) is 6.61 Å². The molecular formula is C15H15NO3. The van der Waals surface area contributed by atoms with Crippen LogP contribution in [0.2, 0.25) is 0 Å². The third-order valence-electron chi connectivity index (χ3n) is 2.83. The van der Waals surface area contributed by atoms with Crippen LogP contribution in [0.3, 0.4) is 0 Å². The summed E-state index contributed by atoms with van der Waals surface area (Å²) >= 11 is 0. The van der Waals surface area contributed by atoms with E-state index < -0.39 is 0 Å². The van der Waals surface area contributed by atoms with E-state index in [0.717, 1.165) is 17.1 Å². The molecule has 0 N–H and O–H groups in total. The van der Waals surface area contributed by atoms with Crippen LogP contribution in [-0.4, -0.2) is 17.5 Å². The highest BCUT2D eigenvalue weighted by Gasteiger charge is 2.05. The molecule has 0 amide bonds. The van der Waals surface area contributed by atoms with Crippen LogP contribution in [0.5, 0.6) is 5.75 Å². The second-order valence-electron chi connectivity index (χ2n) is 4.15. The number of benzene rings is 1. The van der Waals surface area contributed by atoms with Gasteiger partial charge >= 0.3 is 0 Å². The Morgan fingerprint density at radius 1 is 1.26 bits per heavy atom. The Labute approximate surface area is 111 Å². The third-order valence-corrected chi connectivity index (χ3v) is 2.83. The van der Waals surface area contributed by atoms with Crippen LogP contribution in [-0.2, 0) is 0 Å². The molecule has 0 unspecified atom stereocenters. The molecule has 4 heteroatoms. The Hall–Kier alpha value is -2.36. The Kier molecular flexibility index (Phi) is 3.80. The number of nitrogens with zero attached hydrogens (tertiary/aromatic N) is 1. The highest BCUT2D eigenvalue weighted by atomic mass is 16.5. The van der Waals surface area contributed by atoms with E-state index >= 15 is 0 Å². The highest BCUT2D eigenvalue weighted by Crippen LogP contribution is 2.16. The first kappa shape index (κ1) is 13.1. The molecule has 98 valence electrons. The summed E-state index contributed by atoms with van der Waals surface area (Å²) in [6, 6.07) is 8.95. The lowest BCUT2D eigenvalue weighted by Crippen LogP contribution is -2.13. The molecule has 0 fully saturated rings. The van der Waals surface area contributed by atoms with Gasteiger partial charge in [-0.05, 0) is 38.1 Å². The minimum absolute atomic E-state index is 0.152. The van der Waals surface area contributed by atoms with Crippen LogP contribution >= 0.6 is 0 Å². The standard InChI is InChI=1S/C15H15NO3/c1-3-19-14-6-4-13(5-7-14)16-9-12(10-17)15(18)8-11(16)2/h4-10H,3H2,1-2H3. The van der Waals surface area contributed by atoms with Gasteiger partial charge in [0.2, 0.25) is 0 Å². The molecule has 1 aromatic carbocycles. The van der Waals surface area contributed by atoms with Crippen LogP contribution in [0.15, 0.2) is 41.3 Å². The molecule has 0 aliphatic carbocycles. The fourth-order valence-corrected chi connectivity index (χ4v) is 1.88. The predicted octanol–water partition coefficient (Wildman–Crippen LogP) is 2.36. The van der Waals surface area contributed by atoms with E-state index in [1.807, 2.05) is 38.1 Å². The smallest absolute Gasteiger partial charge is 0.192 e. The number of rotatable bonds is 4. The fourth-order valence-electron chi connectivity index (χ4n) is 1.88. The summed E-state index contributed by atoms with van der Waals surface area (Å²) in [5.74, 6) is 0.792. The van der Waals surface area contributed by atoms with Crippen molar-refractivity contribution in [1.82, 2.24) is 4.57 Å². The van der Waals surface area contributed by atoms with Crippen molar-refractivity contribution in [3.8, 4) is 11.4 Å². The van der Waals surface area contributed by atoms with Crippen molar-refractivity contribution in [3.63, 3.8) is 0 Å². The molecule has 0 spiro atoms. The van der Waals surface area contributed by atoms with Crippen LogP contribution in [0.25, 0.3) is 5.69 Å². The fraction of sp³-hybridized carbons (Fsp3) is 0.200. The van der Waals surface area contributed by atoms with Crippen LogP contribution in [0.1, 0.15) is 23.0 Å². The van der Waals surface area contributed by atoms with Crippen LogP contribution in [0, 0.1) is 6.92 Å². The Balaban J connectivity index is 2.46. The molecule has 4 nitrogen and oxygen atoms in total. The van der Waals surface area contributed by atoms with E-state index in [4.69, 9.17) is 4.74 Å². The minimum atomic E-state index is -0.255. The van der Waals surface area contributed by atoms with Gasteiger partial charge < -0.3 is 9.30 Å². The number of aryl methyl sites for hydroxylation is 1. The second-order valence-corrected chi connectivity index (χ2v) is 4.15. The molecule has 2 aromatic rings. The van der Waals surface area contributed by atoms with Gasteiger partial charge in [0, 0.05) is 23.6 Å². The molecule has 0 radical (unpaired) electrons. The van der Waals surface area contributed by atoms with Gasteiger partial charge in [-0.2, -0.15) is 0 Å². The Morgan fingerprint density at radius 3 is 2.53 bits per heavy atom. The van der Waals surface area contributed by atoms with E-state index in [9.17, 15) is 9.59 Å². The molecule has 1 aromatic heterocycles. The normalized spacial score (nSPS) is 10.2. The molecule has 1 heterocycles.